The van der Waals surface area contributed by atoms with Gasteiger partial charge in [0.15, 0.2) is 18.1 Å². The van der Waals surface area contributed by atoms with Gasteiger partial charge in [0, 0.05) is 13.2 Å². The van der Waals surface area contributed by atoms with Crippen molar-refractivity contribution in [2.24, 2.45) is 5.92 Å². The minimum Gasteiger partial charge on any atom is -0.493 e. The largest absolute Gasteiger partial charge is 0.493 e. The number of benzene rings is 1. The molecule has 1 aliphatic rings. The average molecular weight is 333 g/mol. The van der Waals surface area contributed by atoms with Crippen LogP contribution in [0.25, 0.3) is 0 Å². The lowest BCUT2D eigenvalue weighted by molar-refractivity contribution is -0.153. The summed E-state index contributed by atoms with van der Waals surface area (Å²) >= 11 is 0. The van der Waals surface area contributed by atoms with Crippen molar-refractivity contribution in [3.05, 3.63) is 23.8 Å². The van der Waals surface area contributed by atoms with E-state index in [1.54, 1.807) is 12.1 Å². The molecule has 1 aromatic rings. The van der Waals surface area contributed by atoms with Gasteiger partial charge in [0.25, 0.3) is 0 Å². The average Bonchev–Trinajstić information content (AvgIpc) is 2.53. The molecule has 0 bridgehead atoms. The van der Waals surface area contributed by atoms with Crippen molar-refractivity contribution in [1.29, 1.82) is 0 Å². The number of halogens is 3. The summed E-state index contributed by atoms with van der Waals surface area (Å²) in [6.45, 7) is 1.40. The van der Waals surface area contributed by atoms with Gasteiger partial charge in [-0.25, -0.2) is 0 Å². The van der Waals surface area contributed by atoms with Crippen molar-refractivity contribution in [3.63, 3.8) is 0 Å². The first-order chi connectivity index (χ1) is 10.9. The molecule has 4 nitrogen and oxygen atoms in total. The first-order valence-corrected chi connectivity index (χ1v) is 7.61. The summed E-state index contributed by atoms with van der Waals surface area (Å²) in [5.74, 6) is 0.767. The first kappa shape index (κ1) is 17.9. The summed E-state index contributed by atoms with van der Waals surface area (Å²) in [4.78, 5) is 2.26. The van der Waals surface area contributed by atoms with Crippen molar-refractivity contribution in [2.45, 2.75) is 25.6 Å². The molecule has 1 N–H and O–H groups in total. The summed E-state index contributed by atoms with van der Waals surface area (Å²) in [6, 6.07) is 4.98. The Balaban J connectivity index is 1.96. The van der Waals surface area contributed by atoms with Crippen molar-refractivity contribution in [1.82, 2.24) is 4.90 Å². The predicted molar refractivity (Wildman–Crippen MR) is 79.6 cm³/mol. The maximum Gasteiger partial charge on any atom is 0.422 e. The van der Waals surface area contributed by atoms with E-state index < -0.39 is 12.8 Å². The number of alkyl halides is 3. The highest BCUT2D eigenvalue weighted by molar-refractivity contribution is 5.43. The summed E-state index contributed by atoms with van der Waals surface area (Å²) < 4.78 is 46.6. The summed E-state index contributed by atoms with van der Waals surface area (Å²) in [6.07, 6.45) is -2.46. The van der Waals surface area contributed by atoms with E-state index in [4.69, 9.17) is 14.6 Å². The summed E-state index contributed by atoms with van der Waals surface area (Å²) in [7, 11) is 1.41. The van der Waals surface area contributed by atoms with Crippen molar-refractivity contribution in [3.8, 4) is 11.5 Å². The molecule has 1 aliphatic heterocycles. The fourth-order valence-corrected chi connectivity index (χ4v) is 2.67. The van der Waals surface area contributed by atoms with Crippen molar-refractivity contribution < 1.29 is 27.8 Å². The van der Waals surface area contributed by atoms with E-state index in [1.807, 2.05) is 0 Å². The molecule has 1 aromatic carbocycles. The van der Waals surface area contributed by atoms with Crippen LogP contribution in [0.4, 0.5) is 13.2 Å². The zero-order chi connectivity index (χ0) is 16.9. The Morgan fingerprint density at radius 3 is 2.48 bits per heavy atom. The molecule has 0 saturated carbocycles. The number of ether oxygens (including phenoxy) is 2. The third-order valence-electron chi connectivity index (χ3n) is 3.99. The Hall–Kier alpha value is -1.47. The Morgan fingerprint density at radius 1 is 1.22 bits per heavy atom. The van der Waals surface area contributed by atoms with E-state index >= 15 is 0 Å². The van der Waals surface area contributed by atoms with E-state index in [9.17, 15) is 13.2 Å². The number of rotatable bonds is 6. The molecule has 1 saturated heterocycles. The van der Waals surface area contributed by atoms with E-state index in [1.165, 1.54) is 13.2 Å². The minimum absolute atomic E-state index is 0.0903. The molecule has 7 heteroatoms. The maximum absolute atomic E-state index is 12.2. The van der Waals surface area contributed by atoms with Crippen LogP contribution in [0.15, 0.2) is 18.2 Å². The summed E-state index contributed by atoms with van der Waals surface area (Å²) in [5, 5.41) is 9.14. The molecule has 23 heavy (non-hydrogen) atoms. The van der Waals surface area contributed by atoms with E-state index in [-0.39, 0.29) is 12.4 Å². The lowest BCUT2D eigenvalue weighted by atomic mass is 9.97. The Labute approximate surface area is 133 Å². The monoisotopic (exact) mass is 333 g/mol. The molecule has 0 spiro atoms. The lowest BCUT2D eigenvalue weighted by Gasteiger charge is -2.31. The number of hydrogen-bond acceptors (Lipinski definition) is 4. The smallest absolute Gasteiger partial charge is 0.422 e. The van der Waals surface area contributed by atoms with Gasteiger partial charge in [-0.15, -0.1) is 0 Å². The molecule has 0 amide bonds. The van der Waals surface area contributed by atoms with Gasteiger partial charge >= 0.3 is 6.18 Å². The van der Waals surface area contributed by atoms with E-state index in [2.05, 4.69) is 4.90 Å². The predicted octanol–water partition coefficient (Wildman–Crippen LogP) is 2.84. The number of piperidine rings is 1. The number of methoxy groups -OCH3 is 1. The second-order valence-corrected chi connectivity index (χ2v) is 5.79. The Bertz CT molecular complexity index is 500. The summed E-state index contributed by atoms with van der Waals surface area (Å²) in [5.41, 5.74) is 0.962. The fourth-order valence-electron chi connectivity index (χ4n) is 2.67. The van der Waals surface area contributed by atoms with Gasteiger partial charge in [-0.1, -0.05) is 6.07 Å². The quantitative estimate of drug-likeness (QED) is 0.869. The molecule has 1 heterocycles. The number of likely N-dealkylation sites (tertiary alicyclic amines) is 1. The standard InChI is InChI=1S/C16H22F3NO3/c1-22-15-8-13(2-3-14(15)23-11-16(17,18)19)9-20-6-4-12(10-21)5-7-20/h2-3,8,12,21H,4-7,9-11H2,1H3. The van der Waals surface area contributed by atoms with Crippen molar-refractivity contribution >= 4 is 0 Å². The molecule has 0 unspecified atom stereocenters. The van der Waals surface area contributed by atoms with Gasteiger partial charge in [-0.2, -0.15) is 13.2 Å². The Morgan fingerprint density at radius 2 is 1.91 bits per heavy atom. The minimum atomic E-state index is -4.37. The Kier molecular flexibility index (Phi) is 6.12. The molecule has 0 radical (unpaired) electrons. The van der Waals surface area contributed by atoms with Gasteiger partial charge in [0.05, 0.1) is 7.11 Å². The lowest BCUT2D eigenvalue weighted by Crippen LogP contribution is -2.34. The zero-order valence-corrected chi connectivity index (χ0v) is 13.1. The highest BCUT2D eigenvalue weighted by Gasteiger charge is 2.29. The third kappa shape index (κ3) is 5.58. The fraction of sp³-hybridized carbons (Fsp3) is 0.625. The van der Waals surface area contributed by atoms with Gasteiger partial charge < -0.3 is 14.6 Å². The molecular formula is C16H22F3NO3. The van der Waals surface area contributed by atoms with Gasteiger partial charge in [-0.05, 0) is 49.5 Å². The van der Waals surface area contributed by atoms with Crippen LogP contribution in [0, 0.1) is 5.92 Å². The van der Waals surface area contributed by atoms with Crippen LogP contribution in [0.5, 0.6) is 11.5 Å². The van der Waals surface area contributed by atoms with Crippen molar-refractivity contribution in [2.75, 3.05) is 33.4 Å². The second-order valence-electron chi connectivity index (χ2n) is 5.79. The van der Waals surface area contributed by atoms with Crippen LogP contribution in [0.2, 0.25) is 0 Å². The van der Waals surface area contributed by atoms with Crippen LogP contribution < -0.4 is 9.47 Å². The molecule has 130 valence electrons. The first-order valence-electron chi connectivity index (χ1n) is 7.61. The topological polar surface area (TPSA) is 41.9 Å². The van der Waals surface area contributed by atoms with Crippen LogP contribution in [0.1, 0.15) is 18.4 Å². The van der Waals surface area contributed by atoms with Gasteiger partial charge in [0.2, 0.25) is 0 Å². The second kappa shape index (κ2) is 7.88. The maximum atomic E-state index is 12.2. The van der Waals surface area contributed by atoms with Gasteiger partial charge in [-0.3, -0.25) is 4.90 Å². The van der Waals surface area contributed by atoms with Gasteiger partial charge in [0.1, 0.15) is 0 Å². The highest BCUT2D eigenvalue weighted by atomic mass is 19.4. The molecule has 0 aliphatic carbocycles. The molecular weight excluding hydrogens is 311 g/mol. The molecule has 0 atom stereocenters. The number of aliphatic hydroxyl groups is 1. The van der Waals surface area contributed by atoms with Crippen LogP contribution >= 0.6 is 0 Å². The SMILES string of the molecule is COc1cc(CN2CCC(CO)CC2)ccc1OCC(F)(F)F. The molecule has 2 rings (SSSR count). The zero-order valence-electron chi connectivity index (χ0n) is 13.1. The normalized spacial score (nSPS) is 17.3. The molecule has 1 fully saturated rings. The number of nitrogens with zero attached hydrogens (tertiary/aromatic N) is 1. The van der Waals surface area contributed by atoms with Crippen LogP contribution in [0.3, 0.4) is 0 Å². The van der Waals surface area contributed by atoms with E-state index in [0.29, 0.717) is 18.2 Å². The number of aliphatic hydroxyl groups excluding tert-OH is 1. The van der Waals surface area contributed by atoms with Crippen LogP contribution in [-0.4, -0.2) is 49.6 Å². The third-order valence-corrected chi connectivity index (χ3v) is 3.99. The highest BCUT2D eigenvalue weighted by Crippen LogP contribution is 2.30. The molecule has 0 aromatic heterocycles. The number of hydrogen-bond donors (Lipinski definition) is 1. The van der Waals surface area contributed by atoms with E-state index in [0.717, 1.165) is 31.5 Å². The van der Waals surface area contributed by atoms with Crippen LogP contribution in [-0.2, 0) is 6.54 Å².